The van der Waals surface area contributed by atoms with Crippen LogP contribution in [0.25, 0.3) is 0 Å². The molecule has 3 rings (SSSR count). The lowest BCUT2D eigenvalue weighted by Gasteiger charge is -2.34. The quantitative estimate of drug-likeness (QED) is 0.720. The number of piperidine rings is 1. The number of urea groups is 1. The van der Waals surface area contributed by atoms with E-state index in [9.17, 15) is 9.59 Å². The molecule has 7 heteroatoms. The molecule has 3 fully saturated rings. The van der Waals surface area contributed by atoms with Gasteiger partial charge in [0.25, 0.3) is 0 Å². The average Bonchev–Trinajstić information content (AvgIpc) is 3.16. The van der Waals surface area contributed by atoms with Crippen LogP contribution in [0.5, 0.6) is 0 Å². The molecule has 0 aromatic rings. The average molecular weight is 324 g/mol. The number of amides is 3. The zero-order valence-electron chi connectivity index (χ0n) is 13.7. The van der Waals surface area contributed by atoms with Gasteiger partial charge < -0.3 is 25.6 Å². The molecule has 3 heterocycles. The molecule has 3 N–H and O–H groups in total. The van der Waals surface area contributed by atoms with E-state index in [2.05, 4.69) is 10.2 Å². The van der Waals surface area contributed by atoms with Crippen molar-refractivity contribution in [3.63, 3.8) is 0 Å². The van der Waals surface area contributed by atoms with Crippen molar-refractivity contribution in [2.75, 3.05) is 45.9 Å². The highest BCUT2D eigenvalue weighted by molar-refractivity contribution is 5.77. The van der Waals surface area contributed by atoms with E-state index in [1.807, 2.05) is 4.90 Å². The van der Waals surface area contributed by atoms with Crippen LogP contribution in [0.1, 0.15) is 25.7 Å². The predicted molar refractivity (Wildman–Crippen MR) is 85.8 cm³/mol. The maximum atomic E-state index is 11.5. The molecule has 2 atom stereocenters. The number of nitrogens with two attached hydrogens (primary N) is 1. The predicted octanol–water partition coefficient (Wildman–Crippen LogP) is 0.00410. The number of primary amides is 1. The van der Waals surface area contributed by atoms with E-state index in [-0.39, 0.29) is 24.0 Å². The SMILES string of the molecule is NC(=O)[C@@H]1CCO[C@@H]1CC1CCN(CCN2CCNC2=O)CC1. The number of rotatable bonds is 6. The molecular weight excluding hydrogens is 296 g/mol. The Kier molecular flexibility index (Phi) is 5.38. The van der Waals surface area contributed by atoms with Crippen LogP contribution >= 0.6 is 0 Å². The van der Waals surface area contributed by atoms with Crippen molar-refractivity contribution in [2.45, 2.75) is 31.8 Å². The van der Waals surface area contributed by atoms with Crippen LogP contribution in [0.3, 0.4) is 0 Å². The molecule has 3 amide bonds. The molecule has 23 heavy (non-hydrogen) atoms. The lowest BCUT2D eigenvalue weighted by atomic mass is 9.86. The van der Waals surface area contributed by atoms with Crippen LogP contribution in [-0.4, -0.2) is 73.7 Å². The molecule has 3 aliphatic heterocycles. The maximum absolute atomic E-state index is 11.5. The Balaban J connectivity index is 1.37. The smallest absolute Gasteiger partial charge is 0.317 e. The maximum Gasteiger partial charge on any atom is 0.317 e. The molecule has 130 valence electrons. The first-order valence-corrected chi connectivity index (χ1v) is 8.79. The Hall–Kier alpha value is -1.34. The number of likely N-dealkylation sites (tertiary alicyclic amines) is 1. The topological polar surface area (TPSA) is 87.9 Å². The number of ether oxygens (including phenoxy) is 1. The van der Waals surface area contributed by atoms with Gasteiger partial charge in [0.1, 0.15) is 0 Å². The molecule has 3 saturated heterocycles. The third kappa shape index (κ3) is 4.14. The van der Waals surface area contributed by atoms with Crippen molar-refractivity contribution in [2.24, 2.45) is 17.6 Å². The second-order valence-electron chi connectivity index (χ2n) is 6.95. The summed E-state index contributed by atoms with van der Waals surface area (Å²) >= 11 is 0. The van der Waals surface area contributed by atoms with Crippen LogP contribution in [0.4, 0.5) is 4.79 Å². The van der Waals surface area contributed by atoms with Crippen LogP contribution in [0.15, 0.2) is 0 Å². The van der Waals surface area contributed by atoms with E-state index < -0.39 is 0 Å². The zero-order chi connectivity index (χ0) is 16.2. The van der Waals surface area contributed by atoms with Gasteiger partial charge in [0.05, 0.1) is 12.0 Å². The van der Waals surface area contributed by atoms with Gasteiger partial charge in [-0.1, -0.05) is 0 Å². The number of carbonyl (C=O) groups excluding carboxylic acids is 2. The summed E-state index contributed by atoms with van der Waals surface area (Å²) in [5, 5.41) is 2.83. The minimum absolute atomic E-state index is 0.0253. The molecular formula is C16H28N4O3. The van der Waals surface area contributed by atoms with Gasteiger partial charge in [-0.15, -0.1) is 0 Å². The summed E-state index contributed by atoms with van der Waals surface area (Å²) in [6.07, 6.45) is 4.03. The van der Waals surface area contributed by atoms with Crippen LogP contribution in [0.2, 0.25) is 0 Å². The molecule has 0 aromatic carbocycles. The molecule has 7 nitrogen and oxygen atoms in total. The summed E-state index contributed by atoms with van der Waals surface area (Å²) in [5.41, 5.74) is 5.46. The Morgan fingerprint density at radius 1 is 1.22 bits per heavy atom. The van der Waals surface area contributed by atoms with E-state index in [0.717, 1.165) is 65.0 Å². The third-order valence-corrected chi connectivity index (χ3v) is 5.48. The monoisotopic (exact) mass is 324 g/mol. The van der Waals surface area contributed by atoms with Gasteiger partial charge in [-0.25, -0.2) is 4.79 Å². The van der Waals surface area contributed by atoms with Crippen molar-refractivity contribution in [3.05, 3.63) is 0 Å². The summed E-state index contributed by atoms with van der Waals surface area (Å²) in [7, 11) is 0. The van der Waals surface area contributed by atoms with E-state index in [1.54, 1.807) is 0 Å². The minimum atomic E-state index is -0.214. The Morgan fingerprint density at radius 2 is 2.00 bits per heavy atom. The van der Waals surface area contributed by atoms with Gasteiger partial charge in [0.15, 0.2) is 0 Å². The molecule has 0 aromatic heterocycles. The number of nitrogens with zero attached hydrogens (tertiary/aromatic N) is 2. The van der Waals surface area contributed by atoms with Crippen LogP contribution < -0.4 is 11.1 Å². The first-order valence-electron chi connectivity index (χ1n) is 8.79. The largest absolute Gasteiger partial charge is 0.377 e. The van der Waals surface area contributed by atoms with E-state index in [4.69, 9.17) is 10.5 Å². The van der Waals surface area contributed by atoms with Gasteiger partial charge in [0, 0.05) is 32.8 Å². The fourth-order valence-corrected chi connectivity index (χ4v) is 3.97. The standard InChI is InChI=1S/C16H28N4O3/c17-15(21)13-3-10-23-14(13)11-12-1-5-19(6-2-12)8-9-20-7-4-18-16(20)22/h12-14H,1-11H2,(H2,17,21)(H,18,22)/t13-,14-/m1/s1. The highest BCUT2D eigenvalue weighted by atomic mass is 16.5. The second kappa shape index (κ2) is 7.49. The molecule has 0 radical (unpaired) electrons. The summed E-state index contributed by atoms with van der Waals surface area (Å²) < 4.78 is 5.72. The number of hydrogen-bond acceptors (Lipinski definition) is 4. The fourth-order valence-electron chi connectivity index (χ4n) is 3.97. The summed E-state index contributed by atoms with van der Waals surface area (Å²) in [5.74, 6) is 0.307. The van der Waals surface area contributed by atoms with Crippen molar-refractivity contribution < 1.29 is 14.3 Å². The van der Waals surface area contributed by atoms with Gasteiger partial charge >= 0.3 is 6.03 Å². The highest BCUT2D eigenvalue weighted by Crippen LogP contribution is 2.30. The number of carbonyl (C=O) groups is 2. The van der Waals surface area contributed by atoms with Gasteiger partial charge in [-0.3, -0.25) is 4.79 Å². The lowest BCUT2D eigenvalue weighted by Crippen LogP contribution is -2.41. The Bertz CT molecular complexity index is 437. The molecule has 3 aliphatic rings. The normalized spacial score (nSPS) is 29.9. The minimum Gasteiger partial charge on any atom is -0.377 e. The molecule has 0 spiro atoms. The zero-order valence-corrected chi connectivity index (χ0v) is 13.7. The van der Waals surface area contributed by atoms with Crippen molar-refractivity contribution in [1.29, 1.82) is 0 Å². The lowest BCUT2D eigenvalue weighted by molar-refractivity contribution is -0.123. The molecule has 0 aliphatic carbocycles. The first kappa shape index (κ1) is 16.5. The van der Waals surface area contributed by atoms with Crippen molar-refractivity contribution in [3.8, 4) is 0 Å². The van der Waals surface area contributed by atoms with Gasteiger partial charge in [-0.05, 0) is 44.7 Å². The van der Waals surface area contributed by atoms with E-state index in [1.165, 1.54) is 0 Å². The number of hydrogen-bond donors (Lipinski definition) is 2. The summed E-state index contributed by atoms with van der Waals surface area (Å²) in [6, 6.07) is 0.0655. The molecule has 0 bridgehead atoms. The second-order valence-corrected chi connectivity index (χ2v) is 6.95. The number of nitrogens with one attached hydrogen (secondary N) is 1. The van der Waals surface area contributed by atoms with E-state index in [0.29, 0.717) is 12.5 Å². The molecule has 0 saturated carbocycles. The summed E-state index contributed by atoms with van der Waals surface area (Å²) in [6.45, 7) is 6.14. The van der Waals surface area contributed by atoms with E-state index >= 15 is 0 Å². The summed E-state index contributed by atoms with van der Waals surface area (Å²) in [4.78, 5) is 27.3. The fraction of sp³-hybridized carbons (Fsp3) is 0.875. The Morgan fingerprint density at radius 3 is 2.65 bits per heavy atom. The first-order chi connectivity index (χ1) is 11.1. The van der Waals surface area contributed by atoms with Gasteiger partial charge in [-0.2, -0.15) is 0 Å². The van der Waals surface area contributed by atoms with Crippen LogP contribution in [-0.2, 0) is 9.53 Å². The molecule has 0 unspecified atom stereocenters. The van der Waals surface area contributed by atoms with Gasteiger partial charge in [0.2, 0.25) is 5.91 Å². The third-order valence-electron chi connectivity index (χ3n) is 5.48. The van der Waals surface area contributed by atoms with Crippen molar-refractivity contribution >= 4 is 11.9 Å². The van der Waals surface area contributed by atoms with Crippen molar-refractivity contribution in [1.82, 2.24) is 15.1 Å². The highest BCUT2D eigenvalue weighted by Gasteiger charge is 2.35. The Labute approximate surface area is 137 Å². The van der Waals surface area contributed by atoms with Crippen LogP contribution in [0, 0.1) is 11.8 Å².